The molecule has 0 bridgehead atoms. The quantitative estimate of drug-likeness (QED) is 0.625. The number of carbonyl (C=O) groups excluding carboxylic acids is 1. The zero-order valence-corrected chi connectivity index (χ0v) is 17.5. The van der Waals surface area contributed by atoms with Crippen LogP contribution in [0.4, 0.5) is 5.13 Å². The van der Waals surface area contributed by atoms with Crippen LogP contribution in [0.2, 0.25) is 0 Å². The number of furan rings is 1. The van der Waals surface area contributed by atoms with Crippen molar-refractivity contribution < 1.29 is 9.21 Å². The maximum atomic E-state index is 13.0. The van der Waals surface area contributed by atoms with Crippen molar-refractivity contribution in [2.75, 3.05) is 25.0 Å². The Morgan fingerprint density at radius 3 is 2.72 bits per heavy atom. The molecule has 1 fully saturated rings. The highest BCUT2D eigenvalue weighted by Gasteiger charge is 2.26. The molecule has 0 N–H and O–H groups in total. The molecule has 1 saturated heterocycles. The summed E-state index contributed by atoms with van der Waals surface area (Å²) in [4.78, 5) is 23.2. The summed E-state index contributed by atoms with van der Waals surface area (Å²) in [6, 6.07) is 10.0. The molecule has 0 spiro atoms. The van der Waals surface area contributed by atoms with Gasteiger partial charge in [0.15, 0.2) is 5.13 Å². The van der Waals surface area contributed by atoms with Crippen molar-refractivity contribution in [3.8, 4) is 11.3 Å². The number of benzene rings is 1. The highest BCUT2D eigenvalue weighted by atomic mass is 32.1. The SMILES string of the molecule is CN(C(=O)c1ccc(CN2CCCCC2)cc1)c1nc2c(s1)CCc1occc1-2. The fourth-order valence-corrected chi connectivity index (χ4v) is 5.28. The number of aromatic nitrogens is 1. The lowest BCUT2D eigenvalue weighted by atomic mass is 10.0. The number of fused-ring (bicyclic) bond motifs is 3. The molecule has 1 amide bonds. The summed E-state index contributed by atoms with van der Waals surface area (Å²) < 4.78 is 5.55. The zero-order valence-electron chi connectivity index (χ0n) is 16.7. The Morgan fingerprint density at radius 1 is 1.14 bits per heavy atom. The third kappa shape index (κ3) is 3.63. The summed E-state index contributed by atoms with van der Waals surface area (Å²) in [7, 11) is 1.81. The first-order valence-corrected chi connectivity index (χ1v) is 11.2. The van der Waals surface area contributed by atoms with Crippen LogP contribution >= 0.6 is 11.3 Å². The van der Waals surface area contributed by atoms with E-state index in [1.807, 2.05) is 25.2 Å². The summed E-state index contributed by atoms with van der Waals surface area (Å²) in [6.45, 7) is 3.32. The summed E-state index contributed by atoms with van der Waals surface area (Å²) in [5, 5.41) is 0.742. The molecule has 1 aliphatic carbocycles. The topological polar surface area (TPSA) is 49.6 Å². The lowest BCUT2D eigenvalue weighted by Gasteiger charge is -2.26. The first-order chi connectivity index (χ1) is 14.2. The Hall–Kier alpha value is -2.44. The van der Waals surface area contributed by atoms with E-state index >= 15 is 0 Å². The lowest BCUT2D eigenvalue weighted by Crippen LogP contribution is -2.29. The maximum Gasteiger partial charge on any atom is 0.259 e. The molecule has 6 heteroatoms. The van der Waals surface area contributed by atoms with Gasteiger partial charge in [-0.3, -0.25) is 14.6 Å². The number of carbonyl (C=O) groups is 1. The molecule has 0 unspecified atom stereocenters. The van der Waals surface area contributed by atoms with E-state index in [-0.39, 0.29) is 5.91 Å². The van der Waals surface area contributed by atoms with E-state index in [9.17, 15) is 4.79 Å². The minimum Gasteiger partial charge on any atom is -0.469 e. The predicted octanol–water partition coefficient (Wildman–Crippen LogP) is 4.76. The average molecular weight is 408 g/mol. The van der Waals surface area contributed by atoms with Crippen molar-refractivity contribution in [3.63, 3.8) is 0 Å². The number of likely N-dealkylation sites (tertiary alicyclic amines) is 1. The molecule has 2 aliphatic rings. The molecule has 3 heterocycles. The van der Waals surface area contributed by atoms with Crippen LogP contribution in [-0.2, 0) is 19.4 Å². The molecule has 5 rings (SSSR count). The summed E-state index contributed by atoms with van der Waals surface area (Å²) in [5.41, 5.74) is 4.00. The summed E-state index contributed by atoms with van der Waals surface area (Å²) >= 11 is 1.61. The number of rotatable bonds is 4. The Labute approximate surface area is 175 Å². The van der Waals surface area contributed by atoms with Gasteiger partial charge in [-0.15, -0.1) is 11.3 Å². The lowest BCUT2D eigenvalue weighted by molar-refractivity contribution is 0.0993. The van der Waals surface area contributed by atoms with E-state index in [0.717, 1.165) is 41.5 Å². The van der Waals surface area contributed by atoms with Crippen LogP contribution < -0.4 is 4.90 Å². The van der Waals surface area contributed by atoms with Gasteiger partial charge >= 0.3 is 0 Å². The van der Waals surface area contributed by atoms with Gasteiger partial charge in [0.05, 0.1) is 12.0 Å². The van der Waals surface area contributed by atoms with Crippen LogP contribution in [0.25, 0.3) is 11.3 Å². The van der Waals surface area contributed by atoms with E-state index in [0.29, 0.717) is 5.56 Å². The van der Waals surface area contributed by atoms with Gasteiger partial charge in [-0.25, -0.2) is 4.98 Å². The Kier molecular flexibility index (Phi) is 4.97. The predicted molar refractivity (Wildman–Crippen MR) is 116 cm³/mol. The fraction of sp³-hybridized carbons (Fsp3) is 0.391. The molecular weight excluding hydrogens is 382 g/mol. The van der Waals surface area contributed by atoms with Gasteiger partial charge < -0.3 is 4.42 Å². The van der Waals surface area contributed by atoms with E-state index in [4.69, 9.17) is 9.40 Å². The number of aryl methyl sites for hydroxylation is 2. The average Bonchev–Trinajstić information content (AvgIpc) is 3.40. The Morgan fingerprint density at radius 2 is 1.93 bits per heavy atom. The second-order valence-corrected chi connectivity index (χ2v) is 8.99. The van der Waals surface area contributed by atoms with Crippen molar-refractivity contribution in [3.05, 3.63) is 58.4 Å². The van der Waals surface area contributed by atoms with E-state index in [2.05, 4.69) is 17.0 Å². The third-order valence-corrected chi connectivity index (χ3v) is 7.10. The van der Waals surface area contributed by atoms with Gasteiger partial charge in [0.1, 0.15) is 5.76 Å². The first kappa shape index (κ1) is 18.6. The number of piperidine rings is 1. The van der Waals surface area contributed by atoms with Crippen LogP contribution in [0.5, 0.6) is 0 Å². The van der Waals surface area contributed by atoms with Crippen LogP contribution in [0.1, 0.15) is 45.8 Å². The maximum absolute atomic E-state index is 13.0. The van der Waals surface area contributed by atoms with E-state index < -0.39 is 0 Å². The van der Waals surface area contributed by atoms with Crippen LogP contribution in [-0.4, -0.2) is 35.9 Å². The normalized spacial score (nSPS) is 16.3. The highest BCUT2D eigenvalue weighted by Crippen LogP contribution is 2.39. The zero-order chi connectivity index (χ0) is 19.8. The van der Waals surface area contributed by atoms with Gasteiger partial charge in [-0.05, 0) is 56.1 Å². The molecule has 29 heavy (non-hydrogen) atoms. The fourth-order valence-electron chi connectivity index (χ4n) is 4.24. The van der Waals surface area contributed by atoms with Gasteiger partial charge in [0, 0.05) is 36.0 Å². The second-order valence-electron chi connectivity index (χ2n) is 7.92. The number of hydrogen-bond donors (Lipinski definition) is 0. The van der Waals surface area contributed by atoms with Crippen molar-refractivity contribution >= 4 is 22.4 Å². The minimum atomic E-state index is -0.0203. The second kappa shape index (κ2) is 7.76. The Bertz CT molecular complexity index is 1020. The van der Waals surface area contributed by atoms with Crippen molar-refractivity contribution in [2.24, 2.45) is 0 Å². The smallest absolute Gasteiger partial charge is 0.259 e. The summed E-state index contributed by atoms with van der Waals surface area (Å²) in [5.74, 6) is 0.973. The minimum absolute atomic E-state index is 0.0203. The monoisotopic (exact) mass is 407 g/mol. The molecule has 1 aliphatic heterocycles. The number of hydrogen-bond acceptors (Lipinski definition) is 5. The van der Waals surface area contributed by atoms with Crippen molar-refractivity contribution in [2.45, 2.75) is 38.6 Å². The molecule has 0 saturated carbocycles. The Balaban J connectivity index is 1.31. The van der Waals surface area contributed by atoms with Crippen molar-refractivity contribution in [1.82, 2.24) is 9.88 Å². The summed E-state index contributed by atoms with van der Waals surface area (Å²) in [6.07, 6.45) is 7.46. The van der Waals surface area contributed by atoms with E-state index in [1.165, 1.54) is 42.8 Å². The number of anilines is 1. The first-order valence-electron chi connectivity index (χ1n) is 10.3. The van der Waals surface area contributed by atoms with Crippen LogP contribution in [0.3, 0.4) is 0 Å². The molecular formula is C23H25N3O2S. The van der Waals surface area contributed by atoms with Gasteiger partial charge in [-0.2, -0.15) is 0 Å². The highest BCUT2D eigenvalue weighted by molar-refractivity contribution is 7.16. The third-order valence-electron chi connectivity index (χ3n) is 5.91. The van der Waals surface area contributed by atoms with Gasteiger partial charge in [-0.1, -0.05) is 18.6 Å². The number of amides is 1. The molecule has 150 valence electrons. The largest absolute Gasteiger partial charge is 0.469 e. The van der Waals surface area contributed by atoms with E-state index in [1.54, 1.807) is 22.5 Å². The molecule has 5 nitrogen and oxygen atoms in total. The van der Waals surface area contributed by atoms with Crippen molar-refractivity contribution in [1.29, 1.82) is 0 Å². The standard InChI is InChI=1S/C23H25N3O2S/c1-25(23-24-21-18-11-14-28-19(18)9-10-20(21)29-23)22(27)17-7-5-16(6-8-17)15-26-12-3-2-4-13-26/h5-8,11,14H,2-4,9-10,12-13,15H2,1H3. The molecule has 3 aromatic rings. The number of thiazole rings is 1. The van der Waals surface area contributed by atoms with Gasteiger partial charge in [0.25, 0.3) is 5.91 Å². The van der Waals surface area contributed by atoms with Gasteiger partial charge in [0.2, 0.25) is 0 Å². The van der Waals surface area contributed by atoms with Crippen LogP contribution in [0, 0.1) is 0 Å². The molecule has 0 atom stereocenters. The molecule has 1 aromatic carbocycles. The molecule has 0 radical (unpaired) electrons. The molecule has 2 aromatic heterocycles. The number of nitrogens with zero attached hydrogens (tertiary/aromatic N) is 3. The van der Waals surface area contributed by atoms with Crippen LogP contribution in [0.15, 0.2) is 41.0 Å².